The van der Waals surface area contributed by atoms with E-state index >= 15 is 0 Å². The van der Waals surface area contributed by atoms with E-state index < -0.39 is 0 Å². The molecule has 1 heterocycles. The molecule has 0 unspecified atom stereocenters. The van der Waals surface area contributed by atoms with Gasteiger partial charge in [-0.05, 0) is 48.3 Å². The SMILES string of the molecule is COc1cccc(NC(=S)NCCCn2ccc3ccccc32)c1. The molecule has 0 saturated carbocycles. The standard InChI is InChI=1S/C19H21N3OS/c1-23-17-8-4-7-16(14-17)21-19(24)20-11-5-12-22-13-10-15-6-2-3-9-18(15)22/h2-4,6-10,13-14H,5,11-12H2,1H3,(H2,20,21,24). The van der Waals surface area contributed by atoms with E-state index in [0.717, 1.165) is 30.9 Å². The lowest BCUT2D eigenvalue weighted by molar-refractivity contribution is 0.415. The Labute approximate surface area is 147 Å². The lowest BCUT2D eigenvalue weighted by Gasteiger charge is -2.12. The molecule has 3 aromatic rings. The zero-order valence-electron chi connectivity index (χ0n) is 13.7. The van der Waals surface area contributed by atoms with Crippen LogP contribution in [-0.4, -0.2) is 23.3 Å². The molecule has 5 heteroatoms. The summed E-state index contributed by atoms with van der Waals surface area (Å²) in [6, 6.07) is 18.3. The predicted octanol–water partition coefficient (Wildman–Crippen LogP) is 4.03. The molecule has 1 aromatic heterocycles. The second-order valence-electron chi connectivity index (χ2n) is 5.53. The molecule has 0 aliphatic carbocycles. The largest absolute Gasteiger partial charge is 0.497 e. The van der Waals surface area contributed by atoms with Crippen molar-refractivity contribution >= 4 is 33.9 Å². The number of hydrogen-bond acceptors (Lipinski definition) is 2. The van der Waals surface area contributed by atoms with Gasteiger partial charge in [0, 0.05) is 36.6 Å². The van der Waals surface area contributed by atoms with Crippen LogP contribution in [0.4, 0.5) is 5.69 Å². The number of methoxy groups -OCH3 is 1. The highest BCUT2D eigenvalue weighted by Gasteiger charge is 2.01. The van der Waals surface area contributed by atoms with Gasteiger partial charge in [-0.3, -0.25) is 0 Å². The zero-order valence-corrected chi connectivity index (χ0v) is 14.5. The number of nitrogens with zero attached hydrogens (tertiary/aromatic N) is 1. The second-order valence-corrected chi connectivity index (χ2v) is 5.94. The molecule has 0 aliphatic rings. The van der Waals surface area contributed by atoms with Crippen LogP contribution in [0.15, 0.2) is 60.8 Å². The van der Waals surface area contributed by atoms with Crippen molar-refractivity contribution in [3.05, 3.63) is 60.8 Å². The summed E-state index contributed by atoms with van der Waals surface area (Å²) in [5.41, 5.74) is 2.19. The highest BCUT2D eigenvalue weighted by atomic mass is 32.1. The molecule has 0 saturated heterocycles. The van der Waals surface area contributed by atoms with E-state index in [1.54, 1.807) is 7.11 Å². The van der Waals surface area contributed by atoms with Crippen LogP contribution in [0.1, 0.15) is 6.42 Å². The zero-order chi connectivity index (χ0) is 16.8. The van der Waals surface area contributed by atoms with Gasteiger partial charge in [-0.1, -0.05) is 24.3 Å². The third-order valence-electron chi connectivity index (χ3n) is 3.87. The van der Waals surface area contributed by atoms with Crippen LogP contribution >= 0.6 is 12.2 Å². The van der Waals surface area contributed by atoms with Crippen molar-refractivity contribution in [2.45, 2.75) is 13.0 Å². The first-order valence-corrected chi connectivity index (χ1v) is 8.40. The summed E-state index contributed by atoms with van der Waals surface area (Å²) >= 11 is 5.34. The number of fused-ring (bicyclic) bond motifs is 1. The van der Waals surface area contributed by atoms with Crippen LogP contribution in [-0.2, 0) is 6.54 Å². The fraction of sp³-hybridized carbons (Fsp3) is 0.211. The number of aromatic nitrogens is 1. The maximum atomic E-state index is 5.34. The molecule has 124 valence electrons. The Morgan fingerprint density at radius 2 is 2.00 bits per heavy atom. The molecule has 0 amide bonds. The average Bonchev–Trinajstić information content (AvgIpc) is 3.02. The van der Waals surface area contributed by atoms with E-state index in [2.05, 4.69) is 51.7 Å². The van der Waals surface area contributed by atoms with Gasteiger partial charge in [-0.15, -0.1) is 0 Å². The number of rotatable bonds is 6. The molecular weight excluding hydrogens is 318 g/mol. The van der Waals surface area contributed by atoms with Crippen molar-refractivity contribution in [1.29, 1.82) is 0 Å². The molecule has 0 bridgehead atoms. The van der Waals surface area contributed by atoms with Crippen molar-refractivity contribution in [1.82, 2.24) is 9.88 Å². The van der Waals surface area contributed by atoms with Gasteiger partial charge in [-0.2, -0.15) is 0 Å². The number of nitrogens with one attached hydrogen (secondary N) is 2. The minimum atomic E-state index is 0.626. The van der Waals surface area contributed by atoms with Crippen molar-refractivity contribution in [3.8, 4) is 5.75 Å². The Bertz CT molecular complexity index is 828. The molecule has 0 fully saturated rings. The van der Waals surface area contributed by atoms with E-state index in [1.165, 1.54) is 10.9 Å². The number of benzene rings is 2. The molecule has 24 heavy (non-hydrogen) atoms. The Morgan fingerprint density at radius 3 is 2.88 bits per heavy atom. The van der Waals surface area contributed by atoms with Crippen molar-refractivity contribution in [3.63, 3.8) is 0 Å². The molecule has 0 spiro atoms. The Balaban J connectivity index is 1.45. The smallest absolute Gasteiger partial charge is 0.170 e. The highest BCUT2D eigenvalue weighted by Crippen LogP contribution is 2.17. The van der Waals surface area contributed by atoms with Crippen LogP contribution in [0.2, 0.25) is 0 Å². The van der Waals surface area contributed by atoms with E-state index in [-0.39, 0.29) is 0 Å². The van der Waals surface area contributed by atoms with Crippen LogP contribution < -0.4 is 15.4 Å². The monoisotopic (exact) mass is 339 g/mol. The Kier molecular flexibility index (Phi) is 5.33. The average molecular weight is 339 g/mol. The summed E-state index contributed by atoms with van der Waals surface area (Å²) in [4.78, 5) is 0. The number of para-hydroxylation sites is 1. The summed E-state index contributed by atoms with van der Waals surface area (Å²) in [5, 5.41) is 8.32. The van der Waals surface area contributed by atoms with Gasteiger partial charge in [0.05, 0.1) is 7.11 Å². The number of hydrogen-bond donors (Lipinski definition) is 2. The topological polar surface area (TPSA) is 38.2 Å². The van der Waals surface area contributed by atoms with Crippen molar-refractivity contribution < 1.29 is 4.74 Å². The Morgan fingerprint density at radius 1 is 1.12 bits per heavy atom. The van der Waals surface area contributed by atoms with Gasteiger partial charge in [0.25, 0.3) is 0 Å². The second kappa shape index (κ2) is 7.84. The fourth-order valence-electron chi connectivity index (χ4n) is 2.66. The maximum Gasteiger partial charge on any atom is 0.170 e. The third kappa shape index (κ3) is 4.06. The first-order valence-electron chi connectivity index (χ1n) is 7.99. The number of thiocarbonyl (C=S) groups is 1. The number of anilines is 1. The van der Waals surface area contributed by atoms with Gasteiger partial charge in [-0.25, -0.2) is 0 Å². The Hall–Kier alpha value is -2.53. The predicted molar refractivity (Wildman–Crippen MR) is 104 cm³/mol. The van der Waals surface area contributed by atoms with Gasteiger partial charge in [0.15, 0.2) is 5.11 Å². The van der Waals surface area contributed by atoms with Gasteiger partial charge in [0.1, 0.15) is 5.75 Å². The normalized spacial score (nSPS) is 10.5. The van der Waals surface area contributed by atoms with Crippen LogP contribution in [0.5, 0.6) is 5.75 Å². The molecule has 0 radical (unpaired) electrons. The minimum absolute atomic E-state index is 0.626. The number of aryl methyl sites for hydroxylation is 1. The third-order valence-corrected chi connectivity index (χ3v) is 4.12. The molecule has 0 aliphatic heterocycles. The molecule has 2 N–H and O–H groups in total. The minimum Gasteiger partial charge on any atom is -0.497 e. The molecule has 4 nitrogen and oxygen atoms in total. The van der Waals surface area contributed by atoms with Crippen molar-refractivity contribution in [2.75, 3.05) is 19.0 Å². The van der Waals surface area contributed by atoms with Gasteiger partial charge in [0.2, 0.25) is 0 Å². The van der Waals surface area contributed by atoms with Crippen LogP contribution in [0, 0.1) is 0 Å². The maximum absolute atomic E-state index is 5.34. The van der Waals surface area contributed by atoms with E-state index in [1.807, 2.05) is 24.3 Å². The van der Waals surface area contributed by atoms with Crippen LogP contribution in [0.3, 0.4) is 0 Å². The molecule has 0 atom stereocenters. The lowest BCUT2D eigenvalue weighted by Crippen LogP contribution is -2.29. The highest BCUT2D eigenvalue weighted by molar-refractivity contribution is 7.80. The summed E-state index contributed by atoms with van der Waals surface area (Å²) in [5.74, 6) is 0.808. The first-order chi connectivity index (χ1) is 11.8. The molecular formula is C19H21N3OS. The van der Waals surface area contributed by atoms with E-state index in [9.17, 15) is 0 Å². The van der Waals surface area contributed by atoms with Gasteiger partial charge >= 0.3 is 0 Å². The lowest BCUT2D eigenvalue weighted by atomic mass is 10.2. The summed E-state index contributed by atoms with van der Waals surface area (Å²) in [6.45, 7) is 1.78. The van der Waals surface area contributed by atoms with E-state index in [0.29, 0.717) is 5.11 Å². The summed E-state index contributed by atoms with van der Waals surface area (Å²) < 4.78 is 7.48. The van der Waals surface area contributed by atoms with E-state index in [4.69, 9.17) is 17.0 Å². The summed E-state index contributed by atoms with van der Waals surface area (Å²) in [7, 11) is 1.65. The summed E-state index contributed by atoms with van der Waals surface area (Å²) in [6.07, 6.45) is 3.14. The number of ether oxygens (including phenoxy) is 1. The molecule has 2 aromatic carbocycles. The van der Waals surface area contributed by atoms with Gasteiger partial charge < -0.3 is 19.9 Å². The fourth-order valence-corrected chi connectivity index (χ4v) is 2.88. The quantitative estimate of drug-likeness (QED) is 0.525. The van der Waals surface area contributed by atoms with Crippen molar-refractivity contribution in [2.24, 2.45) is 0 Å². The van der Waals surface area contributed by atoms with Crippen LogP contribution in [0.25, 0.3) is 10.9 Å². The molecule has 3 rings (SSSR count). The first kappa shape index (κ1) is 16.3.